The van der Waals surface area contributed by atoms with Gasteiger partial charge in [-0.05, 0) is 30.1 Å². The maximum Gasteiger partial charge on any atom is 0.242 e. The standard InChI is InChI=1S/C12H16N4O2S2/c1-2-13-9-11-12(5-7-19-11)20(17,18)15-8-10-4-3-6-14-16-10/h3-7,13,15H,2,8-9H2,1H3. The third kappa shape index (κ3) is 3.83. The highest BCUT2D eigenvalue weighted by Crippen LogP contribution is 2.21. The highest BCUT2D eigenvalue weighted by atomic mass is 32.2. The average Bonchev–Trinajstić information content (AvgIpc) is 2.93. The lowest BCUT2D eigenvalue weighted by Gasteiger charge is -2.07. The van der Waals surface area contributed by atoms with Crippen molar-refractivity contribution in [2.45, 2.75) is 24.9 Å². The SMILES string of the molecule is CCNCc1sccc1S(=O)(=O)NCc1cccnn1. The zero-order valence-electron chi connectivity index (χ0n) is 11.0. The molecule has 0 aromatic carbocycles. The molecule has 0 saturated carbocycles. The van der Waals surface area contributed by atoms with Crippen molar-refractivity contribution in [1.82, 2.24) is 20.2 Å². The van der Waals surface area contributed by atoms with Crippen molar-refractivity contribution >= 4 is 21.4 Å². The van der Waals surface area contributed by atoms with Gasteiger partial charge >= 0.3 is 0 Å². The quantitative estimate of drug-likeness (QED) is 0.800. The molecule has 108 valence electrons. The van der Waals surface area contributed by atoms with Gasteiger partial charge in [-0.1, -0.05) is 6.92 Å². The smallest absolute Gasteiger partial charge is 0.242 e. The normalized spacial score (nSPS) is 11.7. The van der Waals surface area contributed by atoms with Gasteiger partial charge in [0.1, 0.15) is 0 Å². The number of nitrogens with one attached hydrogen (secondary N) is 2. The third-order valence-electron chi connectivity index (χ3n) is 2.60. The van der Waals surface area contributed by atoms with Crippen LogP contribution in [0.1, 0.15) is 17.5 Å². The average molecular weight is 312 g/mol. The second kappa shape index (κ2) is 6.89. The molecule has 0 saturated heterocycles. The molecule has 2 heterocycles. The molecule has 20 heavy (non-hydrogen) atoms. The topological polar surface area (TPSA) is 84.0 Å². The van der Waals surface area contributed by atoms with Crippen LogP contribution in [-0.2, 0) is 23.1 Å². The molecule has 0 aliphatic carbocycles. The summed E-state index contributed by atoms with van der Waals surface area (Å²) in [4.78, 5) is 1.13. The number of hydrogen-bond donors (Lipinski definition) is 2. The first kappa shape index (κ1) is 15.0. The molecule has 8 heteroatoms. The van der Waals surface area contributed by atoms with E-state index in [9.17, 15) is 8.42 Å². The van der Waals surface area contributed by atoms with Crippen LogP contribution in [0.15, 0.2) is 34.7 Å². The van der Waals surface area contributed by atoms with Crippen LogP contribution in [-0.4, -0.2) is 25.2 Å². The Morgan fingerprint density at radius 1 is 1.30 bits per heavy atom. The van der Waals surface area contributed by atoms with Crippen molar-refractivity contribution in [3.05, 3.63) is 40.3 Å². The summed E-state index contributed by atoms with van der Waals surface area (Å²) < 4.78 is 27.1. The number of nitrogens with zero attached hydrogens (tertiary/aromatic N) is 2. The van der Waals surface area contributed by atoms with E-state index in [4.69, 9.17) is 0 Å². The first-order chi connectivity index (χ1) is 9.63. The Morgan fingerprint density at radius 2 is 2.15 bits per heavy atom. The van der Waals surface area contributed by atoms with Gasteiger partial charge in [-0.3, -0.25) is 0 Å². The monoisotopic (exact) mass is 312 g/mol. The van der Waals surface area contributed by atoms with E-state index < -0.39 is 10.0 Å². The van der Waals surface area contributed by atoms with E-state index in [1.807, 2.05) is 6.92 Å². The molecule has 0 unspecified atom stereocenters. The Bertz CT molecular complexity index is 640. The Morgan fingerprint density at radius 3 is 2.85 bits per heavy atom. The first-order valence-corrected chi connectivity index (χ1v) is 8.53. The number of thiophene rings is 1. The molecule has 0 fully saturated rings. The molecule has 0 radical (unpaired) electrons. The fourth-order valence-corrected chi connectivity index (χ4v) is 4.02. The molecular formula is C12H16N4O2S2. The molecular weight excluding hydrogens is 296 g/mol. The molecule has 2 aromatic rings. The third-order valence-corrected chi connectivity index (χ3v) is 5.14. The summed E-state index contributed by atoms with van der Waals surface area (Å²) in [6.45, 7) is 3.46. The Balaban J connectivity index is 2.08. The van der Waals surface area contributed by atoms with Gasteiger partial charge in [-0.2, -0.15) is 10.2 Å². The van der Waals surface area contributed by atoms with Crippen molar-refractivity contribution in [2.24, 2.45) is 0 Å². The van der Waals surface area contributed by atoms with Crippen LogP contribution < -0.4 is 10.0 Å². The molecule has 0 bridgehead atoms. The van der Waals surface area contributed by atoms with Crippen molar-refractivity contribution in [3.8, 4) is 0 Å². The molecule has 0 atom stereocenters. The van der Waals surface area contributed by atoms with Crippen molar-refractivity contribution in [2.75, 3.05) is 6.54 Å². The second-order valence-electron chi connectivity index (χ2n) is 4.03. The van der Waals surface area contributed by atoms with Gasteiger partial charge in [-0.15, -0.1) is 11.3 Å². The molecule has 0 aliphatic heterocycles. The summed E-state index contributed by atoms with van der Waals surface area (Å²) in [5, 5.41) is 12.5. The van der Waals surface area contributed by atoms with Gasteiger partial charge < -0.3 is 5.32 Å². The summed E-state index contributed by atoms with van der Waals surface area (Å²) in [7, 11) is -3.52. The summed E-state index contributed by atoms with van der Waals surface area (Å²) >= 11 is 1.43. The van der Waals surface area contributed by atoms with Crippen LogP contribution in [0, 0.1) is 0 Å². The fraction of sp³-hybridized carbons (Fsp3) is 0.333. The number of hydrogen-bond acceptors (Lipinski definition) is 6. The van der Waals surface area contributed by atoms with Gasteiger partial charge in [0.05, 0.1) is 17.1 Å². The van der Waals surface area contributed by atoms with Crippen molar-refractivity contribution < 1.29 is 8.42 Å². The Kier molecular flexibility index (Phi) is 5.18. The van der Waals surface area contributed by atoms with E-state index >= 15 is 0 Å². The van der Waals surface area contributed by atoms with Gasteiger partial charge in [0.15, 0.2) is 0 Å². The maximum absolute atomic E-state index is 12.3. The zero-order chi connectivity index (χ0) is 14.4. The largest absolute Gasteiger partial charge is 0.312 e. The Labute approximate surface area is 122 Å². The maximum atomic E-state index is 12.3. The van der Waals surface area contributed by atoms with Gasteiger partial charge in [0, 0.05) is 17.6 Å². The zero-order valence-corrected chi connectivity index (χ0v) is 12.7. The first-order valence-electron chi connectivity index (χ1n) is 6.17. The summed E-state index contributed by atoms with van der Waals surface area (Å²) in [5.41, 5.74) is 0.583. The lowest BCUT2D eigenvalue weighted by atomic mass is 10.4. The van der Waals surface area contributed by atoms with Crippen LogP contribution in [0.5, 0.6) is 0 Å². The summed E-state index contributed by atoms with van der Waals surface area (Å²) in [6.07, 6.45) is 1.55. The predicted octanol–water partition coefficient (Wildman–Crippen LogP) is 1.13. The predicted molar refractivity (Wildman–Crippen MR) is 77.8 cm³/mol. The minimum atomic E-state index is -3.52. The number of aromatic nitrogens is 2. The highest BCUT2D eigenvalue weighted by molar-refractivity contribution is 7.89. The molecule has 0 aliphatic rings. The van der Waals surface area contributed by atoms with Gasteiger partial charge in [0.25, 0.3) is 0 Å². The molecule has 6 nitrogen and oxygen atoms in total. The van der Waals surface area contributed by atoms with Crippen LogP contribution >= 0.6 is 11.3 Å². The number of rotatable bonds is 7. The molecule has 0 spiro atoms. The second-order valence-corrected chi connectivity index (χ2v) is 6.76. The van der Waals surface area contributed by atoms with Crippen molar-refractivity contribution in [1.29, 1.82) is 0 Å². The molecule has 2 N–H and O–H groups in total. The van der Waals surface area contributed by atoms with E-state index in [1.165, 1.54) is 11.3 Å². The Hall–Kier alpha value is -1.35. The number of sulfonamides is 1. The van der Waals surface area contributed by atoms with Crippen molar-refractivity contribution in [3.63, 3.8) is 0 Å². The molecule has 2 aromatic heterocycles. The van der Waals surface area contributed by atoms with Crippen LogP contribution in [0.2, 0.25) is 0 Å². The minimum absolute atomic E-state index is 0.132. The van der Waals surface area contributed by atoms with E-state index in [1.54, 1.807) is 29.8 Å². The van der Waals surface area contributed by atoms with Crippen LogP contribution in [0.4, 0.5) is 0 Å². The fourth-order valence-electron chi connectivity index (χ4n) is 1.61. The molecule has 2 rings (SSSR count). The van der Waals surface area contributed by atoms with E-state index in [0.29, 0.717) is 17.1 Å². The lowest BCUT2D eigenvalue weighted by molar-refractivity contribution is 0.578. The van der Waals surface area contributed by atoms with Gasteiger partial charge in [-0.25, -0.2) is 13.1 Å². The van der Waals surface area contributed by atoms with Crippen LogP contribution in [0.3, 0.4) is 0 Å². The van der Waals surface area contributed by atoms with E-state index in [-0.39, 0.29) is 6.54 Å². The summed E-state index contributed by atoms with van der Waals surface area (Å²) in [5.74, 6) is 0. The highest BCUT2D eigenvalue weighted by Gasteiger charge is 2.19. The van der Waals surface area contributed by atoms with E-state index in [2.05, 4.69) is 20.2 Å². The summed E-state index contributed by atoms with van der Waals surface area (Å²) in [6, 6.07) is 5.07. The van der Waals surface area contributed by atoms with Crippen LogP contribution in [0.25, 0.3) is 0 Å². The lowest BCUT2D eigenvalue weighted by Crippen LogP contribution is -2.25. The van der Waals surface area contributed by atoms with E-state index in [0.717, 1.165) is 11.4 Å². The molecule has 0 amide bonds. The minimum Gasteiger partial charge on any atom is -0.312 e. The van der Waals surface area contributed by atoms with Gasteiger partial charge in [0.2, 0.25) is 10.0 Å².